The van der Waals surface area contributed by atoms with E-state index in [0.717, 1.165) is 11.1 Å². The topological polar surface area (TPSA) is 116 Å². The summed E-state index contributed by atoms with van der Waals surface area (Å²) in [6.07, 6.45) is 3.00. The van der Waals surface area contributed by atoms with Crippen molar-refractivity contribution in [3.63, 3.8) is 0 Å². The molecule has 0 aromatic heterocycles. The molecule has 4 aliphatic heterocycles. The second kappa shape index (κ2) is 16.1. The van der Waals surface area contributed by atoms with Crippen LogP contribution in [0.3, 0.4) is 0 Å². The fraction of sp³-hybridized carbons (Fsp3) is 0.559. The molecule has 2 atom stereocenters. The molecule has 0 saturated carbocycles. The van der Waals surface area contributed by atoms with Gasteiger partial charge in [0, 0.05) is 58.9 Å². The summed E-state index contributed by atoms with van der Waals surface area (Å²) >= 11 is 0. The van der Waals surface area contributed by atoms with E-state index in [9.17, 15) is 14.4 Å². The summed E-state index contributed by atoms with van der Waals surface area (Å²) in [7, 11) is 3.20. The summed E-state index contributed by atoms with van der Waals surface area (Å²) in [5.41, 5.74) is 1.84. The molecule has 0 unspecified atom stereocenters. The van der Waals surface area contributed by atoms with Crippen LogP contribution >= 0.6 is 0 Å². The zero-order chi connectivity index (χ0) is 31.6. The normalized spacial score (nSPS) is 22.0. The Morgan fingerprint density at radius 3 is 2.67 bits per heavy atom. The fourth-order valence-electron chi connectivity index (χ4n) is 6.18. The van der Waals surface area contributed by atoms with Crippen LogP contribution in [-0.4, -0.2) is 99.9 Å². The highest BCUT2D eigenvalue weighted by atomic mass is 16.5. The van der Waals surface area contributed by atoms with Gasteiger partial charge in [0.1, 0.15) is 5.75 Å². The summed E-state index contributed by atoms with van der Waals surface area (Å²) in [5, 5.41) is 3.13. The number of hydrogen-bond acceptors (Lipinski definition) is 8. The third-order valence-corrected chi connectivity index (χ3v) is 8.69. The molecule has 0 aliphatic carbocycles. The number of carbonyl (C=O) groups excluding carboxylic acids is 3. The van der Waals surface area contributed by atoms with Gasteiger partial charge in [0.05, 0.1) is 32.4 Å². The minimum absolute atomic E-state index is 0.0690. The number of nitrogens with zero attached hydrogens (tertiary/aromatic N) is 2. The van der Waals surface area contributed by atoms with Crippen molar-refractivity contribution >= 4 is 17.7 Å². The van der Waals surface area contributed by atoms with E-state index in [4.69, 9.17) is 23.7 Å². The molecule has 4 bridgehead atoms. The summed E-state index contributed by atoms with van der Waals surface area (Å²) in [6.45, 7) is 3.16. The van der Waals surface area contributed by atoms with Gasteiger partial charge in [0.2, 0.25) is 17.7 Å². The molecule has 1 N–H and O–H groups in total. The van der Waals surface area contributed by atoms with Crippen molar-refractivity contribution in [1.29, 1.82) is 0 Å². The Kier molecular flexibility index (Phi) is 11.7. The number of piperidine rings is 1. The molecular weight excluding hydrogens is 578 g/mol. The molecule has 0 spiro atoms. The van der Waals surface area contributed by atoms with Crippen LogP contribution in [-0.2, 0) is 41.6 Å². The van der Waals surface area contributed by atoms with Gasteiger partial charge < -0.3 is 38.8 Å². The first-order chi connectivity index (χ1) is 21.9. The summed E-state index contributed by atoms with van der Waals surface area (Å²) < 4.78 is 28.9. The average molecular weight is 624 g/mol. The first kappa shape index (κ1) is 32.7. The Labute approximate surface area is 265 Å². The number of rotatable bonds is 6. The van der Waals surface area contributed by atoms with Gasteiger partial charge in [-0.25, -0.2) is 0 Å². The third-order valence-electron chi connectivity index (χ3n) is 8.69. The van der Waals surface area contributed by atoms with Crippen molar-refractivity contribution in [3.05, 3.63) is 53.6 Å². The van der Waals surface area contributed by atoms with E-state index in [2.05, 4.69) is 5.32 Å². The second-order valence-electron chi connectivity index (χ2n) is 11.9. The van der Waals surface area contributed by atoms with Crippen molar-refractivity contribution in [1.82, 2.24) is 15.1 Å². The SMILES string of the molecule is COCCCN1CC(=O)N[C@H]2CN(C(=O)C3CCOCC3)CC[C@H]2OCc2cccc(c2)Oc2ccc(cc2OC)CCC1=O. The Balaban J connectivity index is 1.39. The monoisotopic (exact) mass is 623 g/mol. The van der Waals surface area contributed by atoms with Crippen LogP contribution in [0.2, 0.25) is 0 Å². The first-order valence-corrected chi connectivity index (χ1v) is 15.9. The van der Waals surface area contributed by atoms with Crippen molar-refractivity contribution in [3.8, 4) is 17.2 Å². The summed E-state index contributed by atoms with van der Waals surface area (Å²) in [4.78, 5) is 43.8. The van der Waals surface area contributed by atoms with E-state index in [-0.39, 0.29) is 42.7 Å². The minimum Gasteiger partial charge on any atom is -0.493 e. The molecule has 244 valence electrons. The largest absolute Gasteiger partial charge is 0.493 e. The lowest BCUT2D eigenvalue weighted by molar-refractivity contribution is -0.144. The Morgan fingerprint density at radius 1 is 1.02 bits per heavy atom. The Bertz CT molecular complexity index is 1310. The summed E-state index contributed by atoms with van der Waals surface area (Å²) in [5.74, 6) is 1.41. The van der Waals surface area contributed by atoms with E-state index in [1.165, 1.54) is 0 Å². The quantitative estimate of drug-likeness (QED) is 0.488. The van der Waals surface area contributed by atoms with Crippen LogP contribution in [0.5, 0.6) is 17.2 Å². The number of carbonyl (C=O) groups is 3. The van der Waals surface area contributed by atoms with Gasteiger partial charge in [-0.3, -0.25) is 14.4 Å². The molecule has 2 fully saturated rings. The van der Waals surface area contributed by atoms with Crippen molar-refractivity contribution < 1.29 is 38.1 Å². The lowest BCUT2D eigenvalue weighted by Crippen LogP contribution is -2.59. The molecule has 6 rings (SSSR count). The van der Waals surface area contributed by atoms with E-state index in [0.29, 0.717) is 95.4 Å². The minimum atomic E-state index is -0.424. The standard InChI is InChI=1S/C34H45N3O8/c1-41-16-4-14-36-22-32(38)35-28-21-37(34(40)26-12-17-43-18-13-26)15-11-29(28)44-23-25-5-3-6-27(19-25)45-30-9-7-24(8-10-33(36)39)20-31(30)42-2/h3,5-7,9,19-20,26,28-29H,4,8,10-18,21-23H2,1-2H3,(H,35,38)/t28-,29+/m0/s1. The maximum absolute atomic E-state index is 13.5. The molecule has 0 radical (unpaired) electrons. The molecule has 3 amide bonds. The second-order valence-corrected chi connectivity index (χ2v) is 11.9. The van der Waals surface area contributed by atoms with Crippen LogP contribution in [0, 0.1) is 5.92 Å². The molecule has 45 heavy (non-hydrogen) atoms. The zero-order valence-corrected chi connectivity index (χ0v) is 26.3. The molecule has 2 aromatic rings. The number of ether oxygens (including phenoxy) is 5. The first-order valence-electron chi connectivity index (χ1n) is 15.9. The number of likely N-dealkylation sites (tertiary alicyclic amines) is 1. The third kappa shape index (κ3) is 8.96. The molecule has 2 aromatic carbocycles. The van der Waals surface area contributed by atoms with E-state index >= 15 is 0 Å². The van der Waals surface area contributed by atoms with Crippen LogP contribution < -0.4 is 14.8 Å². The number of aryl methyl sites for hydroxylation is 1. The maximum atomic E-state index is 13.5. The van der Waals surface area contributed by atoms with Gasteiger partial charge >= 0.3 is 0 Å². The fourth-order valence-corrected chi connectivity index (χ4v) is 6.18. The van der Waals surface area contributed by atoms with Gasteiger partial charge in [-0.2, -0.15) is 0 Å². The molecule has 4 heterocycles. The number of fused-ring (bicyclic) bond motifs is 9. The highest BCUT2D eigenvalue weighted by Crippen LogP contribution is 2.33. The zero-order valence-electron chi connectivity index (χ0n) is 26.3. The van der Waals surface area contributed by atoms with Crippen molar-refractivity contribution in [2.24, 2.45) is 5.92 Å². The predicted octanol–water partition coefficient (Wildman–Crippen LogP) is 3.33. The van der Waals surface area contributed by atoms with Crippen LogP contribution in [0.15, 0.2) is 42.5 Å². The van der Waals surface area contributed by atoms with Crippen LogP contribution in [0.25, 0.3) is 0 Å². The van der Waals surface area contributed by atoms with Gasteiger partial charge in [0.25, 0.3) is 0 Å². The van der Waals surface area contributed by atoms with E-state index in [1.54, 1.807) is 19.1 Å². The predicted molar refractivity (Wildman–Crippen MR) is 166 cm³/mol. The highest BCUT2D eigenvalue weighted by molar-refractivity contribution is 5.85. The maximum Gasteiger partial charge on any atom is 0.239 e. The van der Waals surface area contributed by atoms with Gasteiger partial charge in [0.15, 0.2) is 11.5 Å². The van der Waals surface area contributed by atoms with Gasteiger partial charge in [-0.1, -0.05) is 18.2 Å². The summed E-state index contributed by atoms with van der Waals surface area (Å²) in [6, 6.07) is 12.9. The number of nitrogens with one attached hydrogen (secondary N) is 1. The molecule has 11 heteroatoms. The Hall–Kier alpha value is -3.67. The number of benzene rings is 2. The van der Waals surface area contributed by atoms with Crippen molar-refractivity contribution in [2.45, 2.75) is 57.3 Å². The molecule has 11 nitrogen and oxygen atoms in total. The lowest BCUT2D eigenvalue weighted by Gasteiger charge is -2.40. The van der Waals surface area contributed by atoms with Crippen LogP contribution in [0.4, 0.5) is 0 Å². The highest BCUT2D eigenvalue weighted by Gasteiger charge is 2.36. The molecular formula is C34H45N3O8. The van der Waals surface area contributed by atoms with Gasteiger partial charge in [-0.15, -0.1) is 0 Å². The van der Waals surface area contributed by atoms with E-state index in [1.807, 2.05) is 47.4 Å². The lowest BCUT2D eigenvalue weighted by atomic mass is 9.95. The Morgan fingerprint density at radius 2 is 1.87 bits per heavy atom. The molecule has 2 saturated heterocycles. The van der Waals surface area contributed by atoms with Crippen LogP contribution in [0.1, 0.15) is 43.2 Å². The molecule has 4 aliphatic rings. The average Bonchev–Trinajstić information content (AvgIpc) is 3.06. The van der Waals surface area contributed by atoms with E-state index < -0.39 is 6.04 Å². The van der Waals surface area contributed by atoms with Gasteiger partial charge in [-0.05, 0) is 67.5 Å². The number of amides is 3. The number of methoxy groups -OCH3 is 2. The van der Waals surface area contributed by atoms with Crippen molar-refractivity contribution in [2.75, 3.05) is 60.2 Å². The smallest absolute Gasteiger partial charge is 0.239 e. The number of hydrogen-bond donors (Lipinski definition) is 1.